The molecule has 0 spiro atoms. The van der Waals surface area contributed by atoms with Gasteiger partial charge in [0.15, 0.2) is 0 Å². The van der Waals surface area contributed by atoms with Crippen LogP contribution in [0.25, 0.3) is 11.0 Å². The average molecular weight is 281 g/mol. The van der Waals surface area contributed by atoms with Crippen molar-refractivity contribution >= 4 is 11.0 Å². The number of rotatable bonds is 2. The van der Waals surface area contributed by atoms with Crippen LogP contribution in [0.5, 0.6) is 5.75 Å². The maximum Gasteiger partial charge on any atom is 0.119 e. The third kappa shape index (κ3) is 2.75. The third-order valence-electron chi connectivity index (χ3n) is 3.52. The number of fused-ring (bicyclic) bond motifs is 1. The number of benzene rings is 2. The Morgan fingerprint density at radius 3 is 2.19 bits per heavy atom. The molecule has 1 heterocycles. The van der Waals surface area contributed by atoms with Gasteiger partial charge in [-0.1, -0.05) is 39.0 Å². The summed E-state index contributed by atoms with van der Waals surface area (Å²) < 4.78 is 0. The Kier molecular flexibility index (Phi) is 3.16. The van der Waals surface area contributed by atoms with E-state index in [1.807, 2.05) is 36.4 Å². The van der Waals surface area contributed by atoms with Gasteiger partial charge in [0.1, 0.15) is 16.8 Å². The van der Waals surface area contributed by atoms with Gasteiger partial charge in [0, 0.05) is 0 Å². The second kappa shape index (κ2) is 4.88. The highest BCUT2D eigenvalue weighted by Crippen LogP contribution is 2.31. The summed E-state index contributed by atoms with van der Waals surface area (Å²) in [6.07, 6.45) is 0. The van der Waals surface area contributed by atoms with Crippen LogP contribution >= 0.6 is 0 Å². The van der Waals surface area contributed by atoms with Crippen molar-refractivity contribution in [3.05, 3.63) is 53.6 Å². The number of hydrogen-bond donors (Lipinski definition) is 1. The van der Waals surface area contributed by atoms with E-state index >= 15 is 0 Å². The van der Waals surface area contributed by atoms with Gasteiger partial charge in [-0.25, -0.2) is 0 Å². The third-order valence-corrected chi connectivity index (χ3v) is 3.52. The molecule has 108 valence electrons. The molecule has 0 aliphatic heterocycles. The lowest BCUT2D eigenvalue weighted by molar-refractivity contribution is 0.445. The Balaban J connectivity index is 1.94. The summed E-state index contributed by atoms with van der Waals surface area (Å²) in [5.74, 6) is 0.338. The molecule has 0 unspecified atom stereocenters. The zero-order valence-electron chi connectivity index (χ0n) is 12.5. The molecule has 4 heteroatoms. The van der Waals surface area contributed by atoms with Crippen molar-refractivity contribution in [3.63, 3.8) is 0 Å². The maximum atomic E-state index is 10.0. The molecular weight excluding hydrogens is 262 g/mol. The molecular formula is C17H19N3O. The van der Waals surface area contributed by atoms with E-state index in [1.165, 1.54) is 0 Å². The van der Waals surface area contributed by atoms with Crippen LogP contribution < -0.4 is 0 Å². The van der Waals surface area contributed by atoms with Gasteiger partial charge in [-0.05, 0) is 40.8 Å². The normalized spacial score (nSPS) is 12.0. The molecule has 0 saturated carbocycles. The van der Waals surface area contributed by atoms with Crippen LogP contribution in [0.2, 0.25) is 0 Å². The molecule has 0 saturated heterocycles. The highest BCUT2D eigenvalue weighted by molar-refractivity contribution is 5.72. The van der Waals surface area contributed by atoms with Crippen LogP contribution in [0.1, 0.15) is 31.9 Å². The first-order valence-corrected chi connectivity index (χ1v) is 7.06. The molecule has 0 aliphatic rings. The lowest BCUT2D eigenvalue weighted by Gasteiger charge is -2.21. The minimum absolute atomic E-state index is 0.0949. The first kappa shape index (κ1) is 13.6. The summed E-state index contributed by atoms with van der Waals surface area (Å²) in [4.78, 5) is 1.70. The van der Waals surface area contributed by atoms with Crippen molar-refractivity contribution in [1.29, 1.82) is 0 Å². The van der Waals surface area contributed by atoms with Gasteiger partial charge < -0.3 is 5.11 Å². The van der Waals surface area contributed by atoms with Crippen molar-refractivity contribution in [1.82, 2.24) is 15.0 Å². The number of aromatic hydroxyl groups is 1. The fraction of sp³-hybridized carbons (Fsp3) is 0.294. The van der Waals surface area contributed by atoms with Crippen molar-refractivity contribution in [3.8, 4) is 5.75 Å². The van der Waals surface area contributed by atoms with Crippen LogP contribution in [-0.2, 0) is 12.0 Å². The highest BCUT2D eigenvalue weighted by atomic mass is 16.3. The average Bonchev–Trinajstić information content (AvgIpc) is 2.82. The SMILES string of the molecule is CC(C)(C)c1cc(Cn2nc3ccccc3n2)ccc1O. The molecule has 2 aromatic carbocycles. The molecule has 0 bridgehead atoms. The monoisotopic (exact) mass is 281 g/mol. The summed E-state index contributed by atoms with van der Waals surface area (Å²) in [5, 5.41) is 18.9. The molecule has 1 aromatic heterocycles. The number of nitrogens with zero attached hydrogens (tertiary/aromatic N) is 3. The van der Waals surface area contributed by atoms with E-state index in [0.717, 1.165) is 22.2 Å². The Hall–Kier alpha value is -2.36. The predicted octanol–water partition coefficient (Wildman–Crippen LogP) is 3.48. The Labute approximate surface area is 124 Å². The minimum Gasteiger partial charge on any atom is -0.508 e. The fourth-order valence-corrected chi connectivity index (χ4v) is 2.42. The van der Waals surface area contributed by atoms with Crippen LogP contribution in [0.3, 0.4) is 0 Å². The molecule has 0 fully saturated rings. The summed E-state index contributed by atoms with van der Waals surface area (Å²) in [7, 11) is 0. The second-order valence-electron chi connectivity index (χ2n) is 6.32. The Morgan fingerprint density at radius 1 is 1.00 bits per heavy atom. The Bertz CT molecular complexity index is 751. The van der Waals surface area contributed by atoms with E-state index in [4.69, 9.17) is 0 Å². The van der Waals surface area contributed by atoms with Crippen LogP contribution in [0.4, 0.5) is 0 Å². The minimum atomic E-state index is -0.0949. The van der Waals surface area contributed by atoms with E-state index in [1.54, 1.807) is 10.9 Å². The molecule has 4 nitrogen and oxygen atoms in total. The number of aromatic nitrogens is 3. The standard InChI is InChI=1S/C17H19N3O/c1-17(2,3)13-10-12(8-9-16(13)21)11-20-18-14-6-4-5-7-15(14)19-20/h4-10,21H,11H2,1-3H3. The van der Waals surface area contributed by atoms with Crippen molar-refractivity contribution in [2.24, 2.45) is 0 Å². The first-order valence-electron chi connectivity index (χ1n) is 7.06. The van der Waals surface area contributed by atoms with Gasteiger partial charge in [0.2, 0.25) is 0 Å². The van der Waals surface area contributed by atoms with Crippen LogP contribution in [0.15, 0.2) is 42.5 Å². The molecule has 21 heavy (non-hydrogen) atoms. The van der Waals surface area contributed by atoms with Gasteiger partial charge >= 0.3 is 0 Å². The first-order chi connectivity index (χ1) is 9.93. The van der Waals surface area contributed by atoms with Crippen molar-refractivity contribution < 1.29 is 5.11 Å². The van der Waals surface area contributed by atoms with Gasteiger partial charge in [-0.2, -0.15) is 15.0 Å². The number of hydrogen-bond acceptors (Lipinski definition) is 3. The molecule has 3 aromatic rings. The molecule has 0 amide bonds. The zero-order chi connectivity index (χ0) is 15.0. The van der Waals surface area contributed by atoms with Crippen molar-refractivity contribution in [2.75, 3.05) is 0 Å². The summed E-state index contributed by atoms with van der Waals surface area (Å²) in [6, 6.07) is 13.5. The number of phenolic OH excluding ortho intramolecular Hbond substituents is 1. The van der Waals surface area contributed by atoms with E-state index in [9.17, 15) is 5.11 Å². The maximum absolute atomic E-state index is 10.0. The molecule has 0 radical (unpaired) electrons. The fourth-order valence-electron chi connectivity index (χ4n) is 2.42. The molecule has 0 aliphatic carbocycles. The number of phenols is 1. The Morgan fingerprint density at radius 2 is 1.62 bits per heavy atom. The lowest BCUT2D eigenvalue weighted by atomic mass is 9.85. The van der Waals surface area contributed by atoms with Gasteiger partial charge in [-0.3, -0.25) is 0 Å². The van der Waals surface area contributed by atoms with Gasteiger partial charge in [0.25, 0.3) is 0 Å². The summed E-state index contributed by atoms with van der Waals surface area (Å²) >= 11 is 0. The molecule has 3 rings (SSSR count). The zero-order valence-corrected chi connectivity index (χ0v) is 12.5. The van der Waals surface area contributed by atoms with E-state index in [-0.39, 0.29) is 5.41 Å². The van der Waals surface area contributed by atoms with Crippen LogP contribution in [0, 0.1) is 0 Å². The van der Waals surface area contributed by atoms with Gasteiger partial charge in [-0.15, -0.1) is 0 Å². The quantitative estimate of drug-likeness (QED) is 0.782. The van der Waals surface area contributed by atoms with Gasteiger partial charge in [0.05, 0.1) is 6.54 Å². The van der Waals surface area contributed by atoms with E-state index in [0.29, 0.717) is 12.3 Å². The van der Waals surface area contributed by atoms with E-state index < -0.39 is 0 Å². The summed E-state index contributed by atoms with van der Waals surface area (Å²) in [6.45, 7) is 6.86. The molecule has 1 N–H and O–H groups in total. The predicted molar refractivity (Wildman–Crippen MR) is 83.4 cm³/mol. The topological polar surface area (TPSA) is 50.9 Å². The lowest BCUT2D eigenvalue weighted by Crippen LogP contribution is -2.12. The van der Waals surface area contributed by atoms with E-state index in [2.05, 4.69) is 31.0 Å². The second-order valence-corrected chi connectivity index (χ2v) is 6.32. The highest BCUT2D eigenvalue weighted by Gasteiger charge is 2.18. The molecule has 0 atom stereocenters. The van der Waals surface area contributed by atoms with Crippen molar-refractivity contribution in [2.45, 2.75) is 32.7 Å². The smallest absolute Gasteiger partial charge is 0.119 e. The largest absolute Gasteiger partial charge is 0.508 e. The van der Waals surface area contributed by atoms with Crippen LogP contribution in [-0.4, -0.2) is 20.1 Å². The summed E-state index contributed by atoms with van der Waals surface area (Å²) in [5.41, 5.74) is 3.72.